The molecule has 1 N–H and O–H groups in total. The highest BCUT2D eigenvalue weighted by atomic mass is 32.2. The van der Waals surface area contributed by atoms with Crippen LogP contribution < -0.4 is 0 Å². The molecule has 0 amide bonds. The second kappa shape index (κ2) is 6.62. The quantitative estimate of drug-likeness (QED) is 0.772. The molecule has 1 atom stereocenters. The number of hydrogen-bond acceptors (Lipinski definition) is 3. The van der Waals surface area contributed by atoms with Crippen LogP contribution in [0.5, 0.6) is 0 Å². The summed E-state index contributed by atoms with van der Waals surface area (Å²) in [6, 6.07) is 0.124. The summed E-state index contributed by atoms with van der Waals surface area (Å²) in [7, 11) is -3.52. The molecule has 2 aliphatic rings. The molecule has 1 aliphatic heterocycles. The van der Waals surface area contributed by atoms with Gasteiger partial charge in [-0.05, 0) is 38.0 Å². The predicted molar refractivity (Wildman–Crippen MR) is 80.0 cm³/mol. The van der Waals surface area contributed by atoms with Crippen molar-refractivity contribution in [2.24, 2.45) is 11.8 Å². The van der Waals surface area contributed by atoms with Gasteiger partial charge in [0.2, 0.25) is 0 Å². The molecule has 1 unspecified atom stereocenters. The Kier molecular flexibility index (Phi) is 5.27. The highest BCUT2D eigenvalue weighted by Crippen LogP contribution is 2.32. The van der Waals surface area contributed by atoms with Gasteiger partial charge in [-0.3, -0.25) is 4.79 Å². The van der Waals surface area contributed by atoms with Gasteiger partial charge in [0.25, 0.3) is 10.2 Å². The van der Waals surface area contributed by atoms with Crippen LogP contribution >= 0.6 is 0 Å². The van der Waals surface area contributed by atoms with Crippen molar-refractivity contribution in [3.8, 4) is 0 Å². The zero-order chi connectivity index (χ0) is 15.6. The van der Waals surface area contributed by atoms with Crippen LogP contribution in [0.1, 0.15) is 46.0 Å². The normalized spacial score (nSPS) is 24.7. The fraction of sp³-hybridized carbons (Fsp3) is 0.929. The first-order valence-corrected chi connectivity index (χ1v) is 9.21. The van der Waals surface area contributed by atoms with E-state index < -0.39 is 22.1 Å². The third-order valence-corrected chi connectivity index (χ3v) is 6.29. The molecule has 6 nitrogen and oxygen atoms in total. The van der Waals surface area contributed by atoms with Crippen molar-refractivity contribution in [2.75, 3.05) is 19.6 Å². The summed E-state index contributed by atoms with van der Waals surface area (Å²) in [6.07, 6.45) is 3.88. The van der Waals surface area contributed by atoms with E-state index in [1.807, 2.05) is 0 Å². The van der Waals surface area contributed by atoms with Crippen LogP contribution in [-0.4, -0.2) is 53.8 Å². The topological polar surface area (TPSA) is 77.9 Å². The van der Waals surface area contributed by atoms with Crippen LogP contribution in [0.25, 0.3) is 0 Å². The molecule has 1 saturated carbocycles. The number of rotatable bonds is 7. The summed E-state index contributed by atoms with van der Waals surface area (Å²) >= 11 is 0. The van der Waals surface area contributed by atoms with Gasteiger partial charge < -0.3 is 5.11 Å². The molecule has 0 aromatic carbocycles. The van der Waals surface area contributed by atoms with Crippen molar-refractivity contribution >= 4 is 16.2 Å². The van der Waals surface area contributed by atoms with Crippen LogP contribution in [0.2, 0.25) is 0 Å². The highest BCUT2D eigenvalue weighted by Gasteiger charge is 2.42. The van der Waals surface area contributed by atoms with Crippen molar-refractivity contribution in [3.05, 3.63) is 0 Å². The zero-order valence-corrected chi connectivity index (χ0v) is 13.7. The Bertz CT molecular complexity index is 473. The minimum atomic E-state index is -3.52. The largest absolute Gasteiger partial charge is 0.481 e. The van der Waals surface area contributed by atoms with Crippen molar-refractivity contribution in [1.82, 2.24) is 8.61 Å². The van der Waals surface area contributed by atoms with Gasteiger partial charge in [-0.15, -0.1) is 0 Å². The highest BCUT2D eigenvalue weighted by molar-refractivity contribution is 7.86. The molecule has 1 aliphatic carbocycles. The van der Waals surface area contributed by atoms with E-state index in [0.29, 0.717) is 31.8 Å². The first-order chi connectivity index (χ1) is 9.82. The Morgan fingerprint density at radius 2 is 2.00 bits per heavy atom. The van der Waals surface area contributed by atoms with E-state index in [1.54, 1.807) is 4.31 Å². The SMILES string of the molecule is CC(C)CCN(C1CC1)S(=O)(=O)N1CCCC(C(=O)O)C1. The summed E-state index contributed by atoms with van der Waals surface area (Å²) in [6.45, 7) is 5.26. The van der Waals surface area contributed by atoms with Gasteiger partial charge >= 0.3 is 5.97 Å². The molecule has 0 bridgehead atoms. The first-order valence-electron chi connectivity index (χ1n) is 7.82. The summed E-state index contributed by atoms with van der Waals surface area (Å²) < 4.78 is 28.6. The van der Waals surface area contributed by atoms with Gasteiger partial charge in [0.1, 0.15) is 0 Å². The smallest absolute Gasteiger partial charge is 0.307 e. The number of piperidine rings is 1. The van der Waals surface area contributed by atoms with Crippen molar-refractivity contribution in [3.63, 3.8) is 0 Å². The van der Waals surface area contributed by atoms with Gasteiger partial charge in [0.05, 0.1) is 5.92 Å². The van der Waals surface area contributed by atoms with Crippen molar-refractivity contribution < 1.29 is 18.3 Å². The van der Waals surface area contributed by atoms with Gasteiger partial charge in [-0.2, -0.15) is 17.0 Å². The molecule has 0 spiro atoms. The van der Waals surface area contributed by atoms with E-state index >= 15 is 0 Å². The Morgan fingerprint density at radius 1 is 1.33 bits per heavy atom. The Labute approximate surface area is 127 Å². The minimum absolute atomic E-state index is 0.114. The molecule has 2 fully saturated rings. The zero-order valence-electron chi connectivity index (χ0n) is 12.9. The molecule has 0 aromatic rings. The van der Waals surface area contributed by atoms with E-state index in [0.717, 1.165) is 19.3 Å². The Balaban J connectivity index is 2.08. The van der Waals surface area contributed by atoms with E-state index in [2.05, 4.69) is 13.8 Å². The maximum atomic E-state index is 12.8. The standard InChI is InChI=1S/C14H26N2O4S/c1-11(2)7-9-16(13-5-6-13)21(19,20)15-8-3-4-12(10-15)14(17)18/h11-13H,3-10H2,1-2H3,(H,17,18). The number of nitrogens with zero attached hydrogens (tertiary/aromatic N) is 2. The molecule has 0 radical (unpaired) electrons. The number of hydrogen-bond donors (Lipinski definition) is 1. The van der Waals surface area contributed by atoms with E-state index in [-0.39, 0.29) is 12.6 Å². The van der Waals surface area contributed by atoms with Crippen molar-refractivity contribution in [1.29, 1.82) is 0 Å². The number of carboxylic acid groups (broad SMARTS) is 1. The lowest BCUT2D eigenvalue weighted by atomic mass is 10.0. The monoisotopic (exact) mass is 318 g/mol. The van der Waals surface area contributed by atoms with Crippen molar-refractivity contribution in [2.45, 2.75) is 52.0 Å². The van der Waals surface area contributed by atoms with Crippen LogP contribution in [0.3, 0.4) is 0 Å². The van der Waals surface area contributed by atoms with Gasteiger partial charge in [-0.25, -0.2) is 0 Å². The second-order valence-electron chi connectivity index (χ2n) is 6.57. The lowest BCUT2D eigenvalue weighted by molar-refractivity contribution is -0.142. The molecule has 1 heterocycles. The molecule has 21 heavy (non-hydrogen) atoms. The lowest BCUT2D eigenvalue weighted by Gasteiger charge is -2.34. The van der Waals surface area contributed by atoms with E-state index in [9.17, 15) is 13.2 Å². The maximum absolute atomic E-state index is 12.8. The van der Waals surface area contributed by atoms with Crippen LogP contribution in [0.15, 0.2) is 0 Å². The number of carboxylic acids is 1. The summed E-state index contributed by atoms with van der Waals surface area (Å²) in [4.78, 5) is 11.1. The van der Waals surface area contributed by atoms with E-state index in [1.165, 1.54) is 4.31 Å². The molecule has 2 rings (SSSR count). The molecule has 7 heteroatoms. The second-order valence-corrected chi connectivity index (χ2v) is 8.45. The van der Waals surface area contributed by atoms with Gasteiger partial charge in [0, 0.05) is 25.7 Å². The predicted octanol–water partition coefficient (Wildman–Crippen LogP) is 1.54. The Morgan fingerprint density at radius 3 is 2.52 bits per heavy atom. The number of aliphatic carboxylic acids is 1. The fourth-order valence-corrected chi connectivity index (χ4v) is 4.68. The molecule has 122 valence electrons. The number of carbonyl (C=O) groups is 1. The van der Waals surface area contributed by atoms with E-state index in [4.69, 9.17) is 5.11 Å². The van der Waals surface area contributed by atoms with Gasteiger partial charge in [-0.1, -0.05) is 13.8 Å². The summed E-state index contributed by atoms with van der Waals surface area (Å²) in [5.41, 5.74) is 0. The third kappa shape index (κ3) is 4.17. The molecule has 1 saturated heterocycles. The fourth-order valence-electron chi connectivity index (χ4n) is 2.74. The van der Waals surface area contributed by atoms with Crippen LogP contribution in [-0.2, 0) is 15.0 Å². The summed E-state index contributed by atoms with van der Waals surface area (Å²) in [5.74, 6) is -1.01. The Hall–Kier alpha value is -0.660. The summed E-state index contributed by atoms with van der Waals surface area (Å²) in [5, 5.41) is 9.12. The van der Waals surface area contributed by atoms with Crippen LogP contribution in [0.4, 0.5) is 0 Å². The molecular weight excluding hydrogens is 292 g/mol. The molecule has 0 aromatic heterocycles. The maximum Gasteiger partial charge on any atom is 0.307 e. The third-order valence-electron chi connectivity index (χ3n) is 4.24. The molecular formula is C14H26N2O4S. The average Bonchev–Trinajstić information content (AvgIpc) is 3.23. The average molecular weight is 318 g/mol. The minimum Gasteiger partial charge on any atom is -0.481 e. The van der Waals surface area contributed by atoms with Crippen LogP contribution in [0, 0.1) is 11.8 Å². The lowest BCUT2D eigenvalue weighted by Crippen LogP contribution is -2.50. The first kappa shape index (κ1) is 16.7. The van der Waals surface area contributed by atoms with Gasteiger partial charge in [0.15, 0.2) is 0 Å².